The molecule has 6 heteroatoms. The van der Waals surface area contributed by atoms with Crippen LogP contribution in [0.25, 0.3) is 10.6 Å². The molecule has 0 saturated carbocycles. The van der Waals surface area contributed by atoms with Gasteiger partial charge in [-0.3, -0.25) is 0 Å². The maximum absolute atomic E-state index is 10.6. The molecule has 0 atom stereocenters. The Morgan fingerprint density at radius 2 is 1.00 bits per heavy atom. The zero-order valence-corrected chi connectivity index (χ0v) is 17.2. The van der Waals surface area contributed by atoms with Crippen molar-refractivity contribution in [2.45, 2.75) is 66.2 Å². The third kappa shape index (κ3) is 27.0. The second-order valence-electron chi connectivity index (χ2n) is 4.05. The van der Waals surface area contributed by atoms with Crippen LogP contribution in [0.5, 0.6) is 0 Å². The van der Waals surface area contributed by atoms with Crippen molar-refractivity contribution in [3.8, 4) is 0 Å². The van der Waals surface area contributed by atoms with Crippen LogP contribution >= 0.6 is 0 Å². The fourth-order valence-electron chi connectivity index (χ4n) is 1.06. The third-order valence-electron chi connectivity index (χ3n) is 1.95. The number of rotatable bonds is 8. The van der Waals surface area contributed by atoms with E-state index in [9.17, 15) is 9.59 Å². The number of halogens is 1. The van der Waals surface area contributed by atoms with Crippen molar-refractivity contribution in [2.24, 2.45) is 0 Å². The number of carbonyl (C=O) groups is 2. The first kappa shape index (κ1) is 28.7. The molecule has 0 spiro atoms. The normalized spacial score (nSPS) is 8.20. The monoisotopic (exact) mass is 433 g/mol. The summed E-state index contributed by atoms with van der Waals surface area (Å²) in [6.07, 6.45) is 4.98. The van der Waals surface area contributed by atoms with E-state index in [0.29, 0.717) is 25.9 Å². The van der Waals surface area contributed by atoms with Crippen molar-refractivity contribution in [3.05, 3.63) is 10.6 Å². The second kappa shape index (κ2) is 24.6. The summed E-state index contributed by atoms with van der Waals surface area (Å²) in [6, 6.07) is 0. The van der Waals surface area contributed by atoms with E-state index in [0.717, 1.165) is 25.7 Å². The van der Waals surface area contributed by atoms with Crippen molar-refractivity contribution in [1.29, 1.82) is 0 Å². The summed E-state index contributed by atoms with van der Waals surface area (Å²) >= 11 is 0. The van der Waals surface area contributed by atoms with Crippen LogP contribution in [0.2, 0.25) is 0 Å². The molecular weight excluding hydrogens is 408 g/mol. The van der Waals surface area contributed by atoms with Gasteiger partial charge in [0.2, 0.25) is 0 Å². The van der Waals surface area contributed by atoms with E-state index in [1.165, 1.54) is 0 Å². The first-order chi connectivity index (χ1) is 8.62. The van der Waals surface area contributed by atoms with E-state index in [2.05, 4.69) is 10.6 Å². The average molecular weight is 436 g/mol. The molecule has 0 aliphatic carbocycles. The number of nitrogens with zero attached hydrogens (tertiary/aromatic N) is 2. The average Bonchev–Trinajstić information content (AvgIpc) is 2.35. The minimum Gasteiger partial charge on any atom is -1.00 e. The quantitative estimate of drug-likeness (QED) is 0.575. The molecule has 117 valence electrons. The summed E-state index contributed by atoms with van der Waals surface area (Å²) in [6.45, 7) is 9.39. The molecule has 0 heterocycles. The summed E-state index contributed by atoms with van der Waals surface area (Å²) in [5.41, 5.74) is 0. The molecular formula is C14H28ClN2NdO2. The van der Waals surface area contributed by atoms with Gasteiger partial charge in [0, 0.05) is 0 Å². The number of hydrogen-bond donors (Lipinski definition) is 0. The van der Waals surface area contributed by atoms with Gasteiger partial charge in [0.05, 0.1) is 11.8 Å². The van der Waals surface area contributed by atoms with E-state index >= 15 is 0 Å². The number of carbonyl (C=O) groups excluding carboxylic acids is 2. The maximum Gasteiger partial charge on any atom is 3.00 e. The molecule has 0 saturated heterocycles. The van der Waals surface area contributed by atoms with Gasteiger partial charge in [-0.05, 0) is 12.8 Å². The van der Waals surface area contributed by atoms with Crippen molar-refractivity contribution >= 4 is 11.8 Å². The molecule has 20 heavy (non-hydrogen) atoms. The van der Waals surface area contributed by atoms with E-state index < -0.39 is 0 Å². The van der Waals surface area contributed by atoms with Crippen molar-refractivity contribution in [3.63, 3.8) is 0 Å². The van der Waals surface area contributed by atoms with Crippen LogP contribution in [0.3, 0.4) is 0 Å². The standard InChI is InChI=1S/2C7H15NO.ClH.Nd/c2*1-3-5-7(9)8-6-4-2;;/h2*3-6H2,1-2H3,(H,8,9);1H;/q;;;+3/p-3. The molecule has 1 radical (unpaired) electrons. The number of amides is 2. The summed E-state index contributed by atoms with van der Waals surface area (Å²) in [5, 5.41) is 7.59. The predicted octanol–water partition coefficient (Wildman–Crippen LogP) is 1.20. The van der Waals surface area contributed by atoms with Crippen LogP contribution in [0, 0.1) is 40.8 Å². The Hall–Kier alpha value is 0.581. The van der Waals surface area contributed by atoms with Crippen LogP contribution < -0.4 is 12.4 Å². The van der Waals surface area contributed by atoms with E-state index in [1.807, 2.05) is 27.7 Å². The Bertz CT molecular complexity index is 195. The molecule has 0 aromatic carbocycles. The summed E-state index contributed by atoms with van der Waals surface area (Å²) in [7, 11) is 0. The molecule has 4 nitrogen and oxygen atoms in total. The molecule has 0 unspecified atom stereocenters. The molecule has 0 aromatic rings. The van der Waals surface area contributed by atoms with Crippen LogP contribution in [0.1, 0.15) is 66.2 Å². The third-order valence-corrected chi connectivity index (χ3v) is 1.95. The first-order valence-electron chi connectivity index (χ1n) is 7.02. The Morgan fingerprint density at radius 1 is 0.700 bits per heavy atom. The Balaban J connectivity index is -0.000000116. The van der Waals surface area contributed by atoms with Gasteiger partial charge in [-0.15, -0.1) is 13.1 Å². The molecule has 0 bridgehead atoms. The summed E-state index contributed by atoms with van der Waals surface area (Å²) in [5.74, 6) is 0.110. The van der Waals surface area contributed by atoms with Gasteiger partial charge in [0.15, 0.2) is 0 Å². The number of hydrogen-bond acceptors (Lipinski definition) is 2. The second-order valence-corrected chi connectivity index (χ2v) is 4.05. The van der Waals surface area contributed by atoms with Crippen LogP contribution in [-0.2, 0) is 9.59 Å². The van der Waals surface area contributed by atoms with Gasteiger partial charge in [0.1, 0.15) is 0 Å². The van der Waals surface area contributed by atoms with Gasteiger partial charge < -0.3 is 32.6 Å². The van der Waals surface area contributed by atoms with Gasteiger partial charge in [-0.1, -0.05) is 53.4 Å². The zero-order valence-electron chi connectivity index (χ0n) is 13.2. The molecule has 0 fully saturated rings. The summed E-state index contributed by atoms with van der Waals surface area (Å²) in [4.78, 5) is 21.3. The van der Waals surface area contributed by atoms with Crippen LogP contribution in [0.15, 0.2) is 0 Å². The Labute approximate surface area is 163 Å². The summed E-state index contributed by atoms with van der Waals surface area (Å²) < 4.78 is 0. The molecule has 0 aliphatic heterocycles. The molecule has 0 N–H and O–H groups in total. The Kier molecular flexibility index (Phi) is 35.3. The molecule has 0 aromatic heterocycles. The fourth-order valence-corrected chi connectivity index (χ4v) is 1.06. The van der Waals surface area contributed by atoms with Gasteiger partial charge in [0.25, 0.3) is 0 Å². The van der Waals surface area contributed by atoms with E-state index in [4.69, 9.17) is 0 Å². The van der Waals surface area contributed by atoms with Crippen LogP contribution in [-0.4, -0.2) is 24.9 Å². The van der Waals surface area contributed by atoms with Crippen molar-refractivity contribution < 1.29 is 62.8 Å². The van der Waals surface area contributed by atoms with E-state index in [1.54, 1.807) is 0 Å². The molecule has 2 amide bonds. The fraction of sp³-hybridized carbons (Fsp3) is 0.857. The smallest absolute Gasteiger partial charge is 1.00 e. The van der Waals surface area contributed by atoms with Crippen LogP contribution in [0.4, 0.5) is 0 Å². The Morgan fingerprint density at radius 3 is 1.20 bits per heavy atom. The minimum absolute atomic E-state index is 0. The first-order valence-corrected chi connectivity index (χ1v) is 7.02. The SMILES string of the molecule is CCC[N-]C(=O)CCC.CCC[N-]C(=O)CCC.[Cl-].[Nd+3]. The predicted molar refractivity (Wildman–Crippen MR) is 76.9 cm³/mol. The van der Waals surface area contributed by atoms with Crippen molar-refractivity contribution in [1.82, 2.24) is 0 Å². The minimum atomic E-state index is 0. The molecule has 0 rings (SSSR count). The van der Waals surface area contributed by atoms with Gasteiger partial charge >= 0.3 is 40.8 Å². The molecule has 0 aliphatic rings. The largest absolute Gasteiger partial charge is 3.00 e. The van der Waals surface area contributed by atoms with Gasteiger partial charge in [-0.25, -0.2) is 0 Å². The zero-order chi connectivity index (χ0) is 14.2. The van der Waals surface area contributed by atoms with Gasteiger partial charge in [-0.2, -0.15) is 0 Å². The maximum atomic E-state index is 10.6. The topological polar surface area (TPSA) is 62.3 Å². The van der Waals surface area contributed by atoms with E-state index in [-0.39, 0.29) is 65.1 Å². The van der Waals surface area contributed by atoms with Crippen molar-refractivity contribution in [2.75, 3.05) is 13.1 Å².